The van der Waals surface area contributed by atoms with E-state index >= 15 is 0 Å². The number of hydrogen-bond donors (Lipinski definition) is 1. The van der Waals surface area contributed by atoms with Gasteiger partial charge in [-0.1, -0.05) is 6.07 Å². The summed E-state index contributed by atoms with van der Waals surface area (Å²) in [4.78, 5) is 2.41. The predicted octanol–water partition coefficient (Wildman–Crippen LogP) is 2.55. The second-order valence-corrected chi connectivity index (χ2v) is 4.99. The monoisotopic (exact) mass is 286 g/mol. The summed E-state index contributed by atoms with van der Waals surface area (Å²) in [5.41, 5.74) is 1.16. The molecule has 0 unspecified atom stereocenters. The highest BCUT2D eigenvalue weighted by Crippen LogP contribution is 2.25. The summed E-state index contributed by atoms with van der Waals surface area (Å²) in [6.07, 6.45) is 0. The van der Waals surface area contributed by atoms with Crippen molar-refractivity contribution in [2.24, 2.45) is 0 Å². The Morgan fingerprint density at radius 2 is 2.06 bits per heavy atom. The number of nitrogens with one attached hydrogen (secondary N) is 1. The molecular formula is C12H16BrFN2. The van der Waals surface area contributed by atoms with Gasteiger partial charge in [-0.05, 0) is 40.5 Å². The van der Waals surface area contributed by atoms with E-state index in [-0.39, 0.29) is 5.82 Å². The molecule has 1 aromatic carbocycles. The average molecular weight is 287 g/mol. The van der Waals surface area contributed by atoms with E-state index in [1.54, 1.807) is 0 Å². The third kappa shape index (κ3) is 2.62. The Kier molecular flexibility index (Phi) is 3.95. The van der Waals surface area contributed by atoms with Crippen LogP contribution in [0.5, 0.6) is 0 Å². The molecule has 1 atom stereocenters. The van der Waals surface area contributed by atoms with Gasteiger partial charge in [-0.15, -0.1) is 0 Å². The fourth-order valence-electron chi connectivity index (χ4n) is 2.05. The molecule has 1 aromatic rings. The van der Waals surface area contributed by atoms with Gasteiger partial charge in [0.2, 0.25) is 0 Å². The summed E-state index contributed by atoms with van der Waals surface area (Å²) >= 11 is 3.23. The van der Waals surface area contributed by atoms with Crippen LogP contribution in [-0.4, -0.2) is 31.1 Å². The predicted molar refractivity (Wildman–Crippen MR) is 67.0 cm³/mol. The van der Waals surface area contributed by atoms with E-state index in [0.717, 1.165) is 31.7 Å². The SMILES string of the molecule is C[C@@H](c1ccc(F)c(Br)c1)N1CCNCC1. The average Bonchev–Trinajstić information content (AvgIpc) is 2.33. The van der Waals surface area contributed by atoms with E-state index in [2.05, 4.69) is 33.1 Å². The van der Waals surface area contributed by atoms with E-state index in [1.165, 1.54) is 6.07 Å². The summed E-state index contributed by atoms with van der Waals surface area (Å²) in [6, 6.07) is 5.62. The maximum absolute atomic E-state index is 13.1. The third-order valence-corrected chi connectivity index (χ3v) is 3.73. The fourth-order valence-corrected chi connectivity index (χ4v) is 2.45. The standard InChI is InChI=1S/C12H16BrFN2/c1-9(16-6-4-15-5-7-16)10-2-3-12(14)11(13)8-10/h2-3,8-9,15H,4-7H2,1H3/t9-/m0/s1. The molecule has 2 nitrogen and oxygen atoms in total. The first kappa shape index (κ1) is 12.0. The normalized spacial score (nSPS) is 19.7. The van der Waals surface area contributed by atoms with Gasteiger partial charge < -0.3 is 5.32 Å². The van der Waals surface area contributed by atoms with Gasteiger partial charge in [-0.3, -0.25) is 4.90 Å². The number of halogens is 2. The van der Waals surface area contributed by atoms with Crippen molar-refractivity contribution < 1.29 is 4.39 Å². The molecule has 0 amide bonds. The van der Waals surface area contributed by atoms with Crippen LogP contribution in [0.15, 0.2) is 22.7 Å². The van der Waals surface area contributed by atoms with Gasteiger partial charge >= 0.3 is 0 Å². The number of nitrogens with zero attached hydrogens (tertiary/aromatic N) is 1. The Balaban J connectivity index is 2.12. The van der Waals surface area contributed by atoms with Crippen molar-refractivity contribution in [3.05, 3.63) is 34.1 Å². The molecule has 0 spiro atoms. The zero-order valence-electron chi connectivity index (χ0n) is 9.34. The molecule has 16 heavy (non-hydrogen) atoms. The second kappa shape index (κ2) is 5.25. The maximum Gasteiger partial charge on any atom is 0.137 e. The molecule has 1 heterocycles. The zero-order chi connectivity index (χ0) is 11.5. The molecule has 1 aliphatic heterocycles. The zero-order valence-corrected chi connectivity index (χ0v) is 10.9. The number of rotatable bonds is 2. The molecule has 1 fully saturated rings. The Morgan fingerprint density at radius 3 is 2.69 bits per heavy atom. The summed E-state index contributed by atoms with van der Waals surface area (Å²) in [5, 5.41) is 3.33. The van der Waals surface area contributed by atoms with Crippen LogP contribution in [0.3, 0.4) is 0 Å². The lowest BCUT2D eigenvalue weighted by molar-refractivity contribution is 0.185. The van der Waals surface area contributed by atoms with Crippen molar-refractivity contribution in [2.75, 3.05) is 26.2 Å². The van der Waals surface area contributed by atoms with Gasteiger partial charge in [0.1, 0.15) is 5.82 Å². The molecule has 0 bridgehead atoms. The second-order valence-electron chi connectivity index (χ2n) is 4.14. The van der Waals surface area contributed by atoms with Crippen molar-refractivity contribution >= 4 is 15.9 Å². The number of benzene rings is 1. The van der Waals surface area contributed by atoms with E-state index in [0.29, 0.717) is 10.5 Å². The van der Waals surface area contributed by atoms with Crippen molar-refractivity contribution in [3.8, 4) is 0 Å². The van der Waals surface area contributed by atoms with Gasteiger partial charge in [0.15, 0.2) is 0 Å². The van der Waals surface area contributed by atoms with Crippen LogP contribution >= 0.6 is 15.9 Å². The summed E-state index contributed by atoms with van der Waals surface area (Å²) in [5.74, 6) is -0.198. The van der Waals surface area contributed by atoms with Gasteiger partial charge in [0, 0.05) is 32.2 Å². The van der Waals surface area contributed by atoms with Crippen molar-refractivity contribution in [1.29, 1.82) is 0 Å². The summed E-state index contributed by atoms with van der Waals surface area (Å²) in [7, 11) is 0. The van der Waals surface area contributed by atoms with Crippen LogP contribution in [0.25, 0.3) is 0 Å². The molecule has 1 aliphatic rings. The molecule has 0 radical (unpaired) electrons. The third-order valence-electron chi connectivity index (χ3n) is 3.13. The van der Waals surface area contributed by atoms with Gasteiger partial charge in [0.25, 0.3) is 0 Å². The van der Waals surface area contributed by atoms with Crippen LogP contribution in [0.1, 0.15) is 18.5 Å². The molecule has 0 aromatic heterocycles. The lowest BCUT2D eigenvalue weighted by Crippen LogP contribution is -2.44. The molecular weight excluding hydrogens is 271 g/mol. The molecule has 1 N–H and O–H groups in total. The van der Waals surface area contributed by atoms with Gasteiger partial charge in [-0.2, -0.15) is 0 Å². The van der Waals surface area contributed by atoms with Crippen molar-refractivity contribution in [1.82, 2.24) is 10.2 Å². The maximum atomic E-state index is 13.1. The quantitative estimate of drug-likeness (QED) is 0.899. The number of piperazine rings is 1. The lowest BCUT2D eigenvalue weighted by Gasteiger charge is -2.33. The Morgan fingerprint density at radius 1 is 1.38 bits per heavy atom. The molecule has 1 saturated heterocycles. The summed E-state index contributed by atoms with van der Waals surface area (Å²) in [6.45, 7) is 6.34. The Hall–Kier alpha value is -0.450. The van der Waals surface area contributed by atoms with Crippen LogP contribution in [0.4, 0.5) is 4.39 Å². The van der Waals surface area contributed by atoms with Crippen LogP contribution in [-0.2, 0) is 0 Å². The van der Waals surface area contributed by atoms with Gasteiger partial charge in [-0.25, -0.2) is 4.39 Å². The van der Waals surface area contributed by atoms with E-state index in [1.807, 2.05) is 12.1 Å². The van der Waals surface area contributed by atoms with E-state index in [9.17, 15) is 4.39 Å². The van der Waals surface area contributed by atoms with E-state index in [4.69, 9.17) is 0 Å². The fraction of sp³-hybridized carbons (Fsp3) is 0.500. The highest BCUT2D eigenvalue weighted by atomic mass is 79.9. The first-order chi connectivity index (χ1) is 7.68. The van der Waals surface area contributed by atoms with E-state index < -0.39 is 0 Å². The largest absolute Gasteiger partial charge is 0.314 e. The van der Waals surface area contributed by atoms with Crippen LogP contribution in [0, 0.1) is 5.82 Å². The minimum absolute atomic E-state index is 0.198. The molecule has 0 saturated carbocycles. The Bertz CT molecular complexity index is 364. The molecule has 0 aliphatic carbocycles. The lowest BCUT2D eigenvalue weighted by atomic mass is 10.1. The molecule has 4 heteroatoms. The van der Waals surface area contributed by atoms with Gasteiger partial charge in [0.05, 0.1) is 4.47 Å². The first-order valence-electron chi connectivity index (χ1n) is 5.58. The minimum atomic E-state index is -0.198. The minimum Gasteiger partial charge on any atom is -0.314 e. The Labute approximate surface area is 104 Å². The highest BCUT2D eigenvalue weighted by Gasteiger charge is 2.18. The van der Waals surface area contributed by atoms with Crippen molar-refractivity contribution in [3.63, 3.8) is 0 Å². The topological polar surface area (TPSA) is 15.3 Å². The van der Waals surface area contributed by atoms with Crippen LogP contribution in [0.2, 0.25) is 0 Å². The smallest absolute Gasteiger partial charge is 0.137 e. The summed E-state index contributed by atoms with van der Waals surface area (Å²) < 4.78 is 13.7. The molecule has 2 rings (SSSR count). The first-order valence-corrected chi connectivity index (χ1v) is 6.37. The van der Waals surface area contributed by atoms with Crippen LogP contribution < -0.4 is 5.32 Å². The highest BCUT2D eigenvalue weighted by molar-refractivity contribution is 9.10. The molecule has 88 valence electrons. The number of hydrogen-bond acceptors (Lipinski definition) is 2. The van der Waals surface area contributed by atoms with Crippen molar-refractivity contribution in [2.45, 2.75) is 13.0 Å².